The van der Waals surface area contributed by atoms with E-state index in [1.807, 2.05) is 5.32 Å². The zero-order chi connectivity index (χ0) is 40.1. The summed E-state index contributed by atoms with van der Waals surface area (Å²) in [6.07, 6.45) is -5.59. The summed E-state index contributed by atoms with van der Waals surface area (Å²) < 4.78 is 246. The molecule has 0 spiro atoms. The minimum atomic E-state index is -2.80. The second-order valence-corrected chi connectivity index (χ2v) is 12.7. The van der Waals surface area contributed by atoms with Crippen LogP contribution in [0, 0.1) is 52.8 Å². The first-order chi connectivity index (χ1) is 26.5. The number of aliphatic imine (C=N–C) groups is 4. The molecule has 0 amide bonds. The molecule has 1 fully saturated rings. The van der Waals surface area contributed by atoms with Gasteiger partial charge in [-0.2, -0.15) is 10.2 Å². The van der Waals surface area contributed by atoms with E-state index in [0.29, 0.717) is 6.07 Å². The summed E-state index contributed by atoms with van der Waals surface area (Å²) >= 11 is 0. The van der Waals surface area contributed by atoms with Gasteiger partial charge < -0.3 is 5.32 Å². The Morgan fingerprint density at radius 2 is 1.12 bits per heavy atom. The highest BCUT2D eigenvalue weighted by molar-refractivity contribution is 6.25. The third-order valence-corrected chi connectivity index (χ3v) is 9.98. The first-order valence-corrected chi connectivity index (χ1v) is 15.5. The molecule has 8 bridgehead atoms. The number of benzene rings is 2. The van der Waals surface area contributed by atoms with E-state index in [1.165, 1.54) is 0 Å². The van der Waals surface area contributed by atoms with Gasteiger partial charge in [-0.15, -0.1) is 4.79 Å². The topological polar surface area (TPSA) is 72.9 Å². The third kappa shape index (κ3) is 4.33. The van der Waals surface area contributed by atoms with Gasteiger partial charge >= 0.3 is 0 Å². The van der Waals surface area contributed by atoms with Gasteiger partial charge in [0, 0.05) is 5.39 Å². The molecule has 0 saturated carbocycles. The lowest BCUT2D eigenvalue weighted by Gasteiger charge is -2.30. The highest BCUT2D eigenvalue weighted by atomic mass is 19.2. The Bertz CT molecular complexity index is 2650. The highest BCUT2D eigenvalue weighted by Gasteiger charge is 2.60. The number of aromatic nitrogens is 1. The molecule has 9 rings (SSSR count). The number of amidine groups is 4. The van der Waals surface area contributed by atoms with E-state index in [2.05, 4.69) is 20.0 Å². The Morgan fingerprint density at radius 3 is 1.75 bits per heavy atom. The van der Waals surface area contributed by atoms with Crippen LogP contribution in [0.25, 0.3) is 10.8 Å². The van der Waals surface area contributed by atoms with Crippen molar-refractivity contribution in [3.05, 3.63) is 105 Å². The van der Waals surface area contributed by atoms with Crippen LogP contribution in [0.4, 0.5) is 82.2 Å². The zero-order valence-corrected chi connectivity index (χ0v) is 26.4. The minimum Gasteiger partial charge on any atom is -0.350 e. The molecule has 290 valence electrons. The van der Waals surface area contributed by atoms with Gasteiger partial charge in [-0.3, -0.25) is 0 Å². The van der Waals surface area contributed by atoms with Crippen LogP contribution in [-0.4, -0.2) is 45.6 Å². The zero-order valence-electron chi connectivity index (χ0n) is 26.4. The molecule has 2 aromatic carbocycles. The fourth-order valence-corrected chi connectivity index (χ4v) is 7.53. The van der Waals surface area contributed by atoms with Crippen molar-refractivity contribution < 1.29 is 70.5 Å². The summed E-state index contributed by atoms with van der Waals surface area (Å²) in [5.74, 6) is -50.5. The van der Waals surface area contributed by atoms with Gasteiger partial charge in [0.2, 0.25) is 0 Å². The predicted octanol–water partition coefficient (Wildman–Crippen LogP) is 8.96. The fourth-order valence-electron chi connectivity index (χ4n) is 7.53. The lowest BCUT2D eigenvalue weighted by molar-refractivity contribution is 0.0539. The number of halogens is 16. The van der Waals surface area contributed by atoms with Crippen molar-refractivity contribution in [2.75, 3.05) is 5.12 Å². The molecule has 0 radical (unpaired) electrons. The summed E-state index contributed by atoms with van der Waals surface area (Å²) in [4.78, 5) is 13.4. The van der Waals surface area contributed by atoms with Crippen molar-refractivity contribution in [3.63, 3.8) is 0 Å². The maximum atomic E-state index is 16.7. The average Bonchev–Trinajstić information content (AvgIpc) is 3.88. The number of anilines is 1. The number of fused-ring (bicyclic) bond motifs is 18. The van der Waals surface area contributed by atoms with Gasteiger partial charge in [-0.05, 0) is 6.07 Å². The van der Waals surface area contributed by atoms with E-state index < -0.39 is 184 Å². The molecule has 24 heteroatoms. The smallest absolute Gasteiger partial charge is 0.198 e. The Morgan fingerprint density at radius 1 is 0.571 bits per heavy atom. The average molecular weight is 810 g/mol. The third-order valence-electron chi connectivity index (χ3n) is 9.98. The van der Waals surface area contributed by atoms with Crippen LogP contribution in [-0.2, 0) is 0 Å². The first-order valence-electron chi connectivity index (χ1n) is 15.5. The van der Waals surface area contributed by atoms with Crippen LogP contribution < -0.4 is 10.4 Å². The molecule has 5 heterocycles. The molecule has 56 heavy (non-hydrogen) atoms. The van der Waals surface area contributed by atoms with E-state index in [-0.39, 0.29) is 0 Å². The van der Waals surface area contributed by atoms with E-state index in [4.69, 9.17) is 0 Å². The van der Waals surface area contributed by atoms with Gasteiger partial charge in [0.05, 0.1) is 40.2 Å². The molecule has 1 aromatic heterocycles. The van der Waals surface area contributed by atoms with Crippen LogP contribution in [0.1, 0.15) is 11.1 Å². The van der Waals surface area contributed by atoms with Crippen LogP contribution in [0.2, 0.25) is 0 Å². The largest absolute Gasteiger partial charge is 0.350 e. The van der Waals surface area contributed by atoms with E-state index >= 15 is 44.2 Å². The summed E-state index contributed by atoms with van der Waals surface area (Å²) in [6.45, 7) is 0. The molecule has 1 N–H and O–H groups in total. The Kier molecular flexibility index (Phi) is 7.44. The Hall–Kier alpha value is -6.10. The second-order valence-electron chi connectivity index (χ2n) is 12.7. The Balaban J connectivity index is 1.40. The quantitative estimate of drug-likeness (QED) is 0.107. The van der Waals surface area contributed by atoms with Gasteiger partial charge in [-0.25, -0.2) is 77.0 Å². The number of hydrogen-bond acceptors (Lipinski definition) is 7. The van der Waals surface area contributed by atoms with Crippen LogP contribution in [0.5, 0.6) is 0 Å². The van der Waals surface area contributed by atoms with E-state index in [1.54, 1.807) is 0 Å². The summed E-state index contributed by atoms with van der Waals surface area (Å²) in [5, 5.41) is -1.78. The maximum absolute atomic E-state index is 16.7. The lowest BCUT2D eigenvalue weighted by atomic mass is 9.83. The standard InChI is InChI=1S/C32H10F16N8/c33-5-3-1-2-4-6(5)28-50-25-7-8(14(35)20(41)19(40)13(7)34)26(49-25)51-29-11-12(18(39)24(45)23(44)17(11)38)30(54(29)46)52-27-9-10(16(37)22(43)21(42)15(9)36)31(53-27)56(48)32(4)55(28)47/h1-3,9-12,30-31H,(H,52,53). The molecule has 6 aliphatic rings. The summed E-state index contributed by atoms with van der Waals surface area (Å²) in [5.41, 5.74) is -3.09. The minimum absolute atomic E-state index is 0.637. The highest BCUT2D eigenvalue weighted by Crippen LogP contribution is 2.53. The van der Waals surface area contributed by atoms with Gasteiger partial charge in [0.15, 0.2) is 87.7 Å². The van der Waals surface area contributed by atoms with Crippen molar-refractivity contribution in [2.24, 2.45) is 43.6 Å². The number of nitrogens with zero attached hydrogens (tertiary/aromatic N) is 7. The van der Waals surface area contributed by atoms with Crippen molar-refractivity contribution in [3.8, 4) is 0 Å². The number of allylic oxidation sites excluding steroid dienone is 4. The number of nitrogens with one attached hydrogen (secondary N) is 1. The molecule has 1 saturated heterocycles. The predicted molar refractivity (Wildman–Crippen MR) is 160 cm³/mol. The monoisotopic (exact) mass is 810 g/mol. The lowest BCUT2D eigenvalue weighted by Crippen LogP contribution is -2.48. The Labute approximate surface area is 297 Å². The molecule has 2 aliphatic carbocycles. The maximum Gasteiger partial charge on any atom is 0.198 e. The van der Waals surface area contributed by atoms with Crippen molar-refractivity contribution >= 4 is 45.8 Å². The number of hydrogen-bond donors (Lipinski definition) is 1. The molecule has 4 aliphatic heterocycles. The van der Waals surface area contributed by atoms with Crippen LogP contribution in [0.3, 0.4) is 0 Å². The molecule has 6 unspecified atom stereocenters. The second kappa shape index (κ2) is 11.7. The van der Waals surface area contributed by atoms with Crippen molar-refractivity contribution in [1.82, 2.24) is 15.2 Å². The van der Waals surface area contributed by atoms with E-state index in [0.717, 1.165) is 12.1 Å². The van der Waals surface area contributed by atoms with Gasteiger partial charge in [0.1, 0.15) is 35.3 Å². The number of rotatable bonds is 0. The molecule has 8 nitrogen and oxygen atoms in total. The summed E-state index contributed by atoms with van der Waals surface area (Å²) in [7, 11) is 0. The summed E-state index contributed by atoms with van der Waals surface area (Å²) in [6, 6.07) is 2.29. The van der Waals surface area contributed by atoms with E-state index in [9.17, 15) is 26.3 Å². The van der Waals surface area contributed by atoms with Crippen LogP contribution >= 0.6 is 0 Å². The molecule has 6 atom stereocenters. The normalized spacial score (nSPS) is 27.1. The molecular weight excluding hydrogens is 800 g/mol. The van der Waals surface area contributed by atoms with Crippen LogP contribution in [0.15, 0.2) is 84.8 Å². The van der Waals surface area contributed by atoms with Gasteiger partial charge in [0.25, 0.3) is 0 Å². The van der Waals surface area contributed by atoms with Gasteiger partial charge in [-0.1, -0.05) is 25.6 Å². The first kappa shape index (κ1) is 35.6. The SMILES string of the molecule is FC1=C(F)C2C3=NC4=NC(=Nc5c6c(F)cccc6c(n5F)N(F)C5N=C(NC(C2C(F)=C1F)N3F)C1C(F)=C(F)C(F)=C(F)C15)c1c(F)c(F)c(F)c(F)c14. The molecule has 3 aromatic rings. The molecular formula is C32H10F16N8. The van der Waals surface area contributed by atoms with Crippen molar-refractivity contribution in [2.45, 2.75) is 12.3 Å². The van der Waals surface area contributed by atoms with Crippen molar-refractivity contribution in [1.29, 1.82) is 0 Å². The fraction of sp³-hybridized carbons (Fsp3) is 0.188.